The maximum Gasteiger partial charge on any atom is 0.0949 e. The monoisotopic (exact) mass is 130 g/mol. The predicted octanol–water partition coefficient (Wildman–Crippen LogP) is -0.364. The molecule has 0 aromatic carbocycles. The lowest BCUT2D eigenvalue weighted by Gasteiger charge is -2.21. The van der Waals surface area contributed by atoms with Crippen LogP contribution in [0, 0.1) is 0 Å². The molecule has 0 aromatic heterocycles. The molecule has 1 radical (unpaired) electrons. The Kier molecular flexibility index (Phi) is 2.97. The largest absolute Gasteiger partial charge is 0.382 e. The topological polar surface area (TPSA) is 32.6 Å². The smallest absolute Gasteiger partial charge is 0.0949 e. The van der Waals surface area contributed by atoms with Gasteiger partial charge in [0.25, 0.3) is 0 Å². The first kappa shape index (κ1) is 6.99. The van der Waals surface area contributed by atoms with Crippen LogP contribution in [-0.2, 0) is 9.47 Å². The molecule has 0 amide bonds. The summed E-state index contributed by atoms with van der Waals surface area (Å²) in [5.74, 6) is 0. The van der Waals surface area contributed by atoms with E-state index in [0.29, 0.717) is 6.61 Å². The van der Waals surface area contributed by atoms with Gasteiger partial charge in [-0.05, 0) is 0 Å². The Balaban J connectivity index is 2.08. The van der Waals surface area contributed by atoms with Gasteiger partial charge in [-0.25, -0.2) is 5.32 Å². The van der Waals surface area contributed by atoms with Crippen molar-refractivity contribution in [3.05, 3.63) is 0 Å². The second-order valence-electron chi connectivity index (χ2n) is 2.08. The van der Waals surface area contributed by atoms with Gasteiger partial charge in [0, 0.05) is 20.2 Å². The van der Waals surface area contributed by atoms with Crippen molar-refractivity contribution in [1.29, 1.82) is 0 Å². The second kappa shape index (κ2) is 3.82. The van der Waals surface area contributed by atoms with Crippen molar-refractivity contribution in [3.8, 4) is 0 Å². The van der Waals surface area contributed by atoms with Gasteiger partial charge >= 0.3 is 0 Å². The van der Waals surface area contributed by atoms with E-state index in [4.69, 9.17) is 9.47 Å². The van der Waals surface area contributed by atoms with Gasteiger partial charge in [0.05, 0.1) is 19.3 Å². The van der Waals surface area contributed by atoms with E-state index < -0.39 is 0 Å². The Bertz CT molecular complexity index is 68.7. The number of methoxy groups -OCH3 is 1. The minimum absolute atomic E-state index is 0.212. The number of hydrogen-bond donors (Lipinski definition) is 0. The first-order valence-electron chi connectivity index (χ1n) is 3.17. The minimum atomic E-state index is 0.212. The molecule has 0 bridgehead atoms. The molecule has 53 valence electrons. The fourth-order valence-corrected chi connectivity index (χ4v) is 0.859. The van der Waals surface area contributed by atoms with Crippen molar-refractivity contribution in [2.24, 2.45) is 0 Å². The first-order chi connectivity index (χ1) is 4.43. The summed E-state index contributed by atoms with van der Waals surface area (Å²) < 4.78 is 10.2. The molecule has 0 N–H and O–H groups in total. The molecule has 1 rings (SSSR count). The lowest BCUT2D eigenvalue weighted by molar-refractivity contribution is -0.0199. The minimum Gasteiger partial charge on any atom is -0.382 e. The summed E-state index contributed by atoms with van der Waals surface area (Å²) in [6.45, 7) is 3.07. The molecule has 1 aliphatic rings. The second-order valence-corrected chi connectivity index (χ2v) is 2.08. The van der Waals surface area contributed by atoms with Crippen LogP contribution in [0.3, 0.4) is 0 Å². The summed E-state index contributed by atoms with van der Waals surface area (Å²) in [6.07, 6.45) is 0.212. The Morgan fingerprint density at radius 3 is 3.22 bits per heavy atom. The Hall–Kier alpha value is -0.120. The van der Waals surface area contributed by atoms with Gasteiger partial charge in [0.1, 0.15) is 0 Å². The standard InChI is InChI=1S/C6H12NO2/c1-8-5-6-4-7-2-3-9-6/h6H,2-5H2,1H3/t6-/m0/s1. The summed E-state index contributed by atoms with van der Waals surface area (Å²) in [4.78, 5) is 0. The molecule has 1 atom stereocenters. The van der Waals surface area contributed by atoms with Crippen molar-refractivity contribution < 1.29 is 9.47 Å². The molecule has 9 heavy (non-hydrogen) atoms. The molecule has 1 aliphatic heterocycles. The van der Waals surface area contributed by atoms with E-state index in [1.807, 2.05) is 0 Å². The Morgan fingerprint density at radius 1 is 1.78 bits per heavy atom. The average Bonchev–Trinajstić information content (AvgIpc) is 1.91. The fraction of sp³-hybridized carbons (Fsp3) is 1.00. The maximum absolute atomic E-state index is 5.30. The first-order valence-corrected chi connectivity index (χ1v) is 3.17. The van der Waals surface area contributed by atoms with E-state index in [9.17, 15) is 0 Å². The van der Waals surface area contributed by atoms with E-state index in [2.05, 4.69) is 5.32 Å². The number of nitrogens with zero attached hydrogens (tertiary/aromatic N) is 1. The normalized spacial score (nSPS) is 28.3. The third kappa shape index (κ3) is 2.30. The van der Waals surface area contributed by atoms with Gasteiger partial charge in [0.15, 0.2) is 0 Å². The molecule has 1 saturated heterocycles. The highest BCUT2D eigenvalue weighted by molar-refractivity contribution is 4.64. The van der Waals surface area contributed by atoms with Crippen molar-refractivity contribution >= 4 is 0 Å². The lowest BCUT2D eigenvalue weighted by Crippen LogP contribution is -2.36. The summed E-state index contributed by atoms with van der Waals surface area (Å²) in [6, 6.07) is 0. The number of hydrogen-bond acceptors (Lipinski definition) is 2. The van der Waals surface area contributed by atoms with Crippen LogP contribution in [0.2, 0.25) is 0 Å². The number of rotatable bonds is 2. The van der Waals surface area contributed by atoms with Crippen LogP contribution in [0.4, 0.5) is 0 Å². The van der Waals surface area contributed by atoms with Crippen LogP contribution < -0.4 is 5.32 Å². The van der Waals surface area contributed by atoms with Gasteiger partial charge in [0.2, 0.25) is 0 Å². The zero-order valence-electron chi connectivity index (χ0n) is 5.67. The molecule has 3 heteroatoms. The van der Waals surface area contributed by atoms with Crippen molar-refractivity contribution in [2.45, 2.75) is 6.10 Å². The molecule has 0 aromatic rings. The van der Waals surface area contributed by atoms with Crippen LogP contribution in [0.15, 0.2) is 0 Å². The summed E-state index contributed by atoms with van der Waals surface area (Å²) >= 11 is 0. The van der Waals surface area contributed by atoms with Gasteiger partial charge in [-0.3, -0.25) is 0 Å². The third-order valence-corrected chi connectivity index (χ3v) is 1.29. The molecule has 0 spiro atoms. The molecule has 0 aliphatic carbocycles. The molecule has 1 fully saturated rings. The van der Waals surface area contributed by atoms with Crippen molar-refractivity contribution in [2.75, 3.05) is 33.4 Å². The van der Waals surface area contributed by atoms with Crippen molar-refractivity contribution in [3.63, 3.8) is 0 Å². The highest BCUT2D eigenvalue weighted by atomic mass is 16.5. The molecule has 0 unspecified atom stereocenters. The quantitative estimate of drug-likeness (QED) is 0.511. The van der Waals surface area contributed by atoms with E-state index >= 15 is 0 Å². The van der Waals surface area contributed by atoms with Gasteiger partial charge < -0.3 is 9.47 Å². The SMILES string of the molecule is COC[C@@H]1C[N]CCO1. The predicted molar refractivity (Wildman–Crippen MR) is 33.5 cm³/mol. The van der Waals surface area contributed by atoms with E-state index in [1.165, 1.54) is 0 Å². The van der Waals surface area contributed by atoms with E-state index in [0.717, 1.165) is 19.7 Å². The van der Waals surface area contributed by atoms with E-state index in [-0.39, 0.29) is 6.10 Å². The van der Waals surface area contributed by atoms with Crippen LogP contribution in [0.1, 0.15) is 0 Å². The summed E-state index contributed by atoms with van der Waals surface area (Å²) in [5.41, 5.74) is 0. The van der Waals surface area contributed by atoms with Crippen LogP contribution in [0.5, 0.6) is 0 Å². The Morgan fingerprint density at radius 2 is 2.67 bits per heavy atom. The summed E-state index contributed by atoms with van der Waals surface area (Å²) in [5, 5.41) is 4.17. The highest BCUT2D eigenvalue weighted by Crippen LogP contribution is 1.95. The zero-order valence-corrected chi connectivity index (χ0v) is 5.67. The van der Waals surface area contributed by atoms with E-state index in [1.54, 1.807) is 7.11 Å². The average molecular weight is 130 g/mol. The summed E-state index contributed by atoms with van der Waals surface area (Å²) in [7, 11) is 1.68. The van der Waals surface area contributed by atoms with Gasteiger partial charge in [-0.15, -0.1) is 0 Å². The zero-order chi connectivity index (χ0) is 6.53. The van der Waals surface area contributed by atoms with Crippen LogP contribution in [-0.4, -0.2) is 39.5 Å². The molecule has 0 saturated carbocycles. The number of morpholine rings is 1. The molecule has 3 nitrogen and oxygen atoms in total. The van der Waals surface area contributed by atoms with Crippen LogP contribution in [0.25, 0.3) is 0 Å². The molecular weight excluding hydrogens is 118 g/mol. The highest BCUT2D eigenvalue weighted by Gasteiger charge is 2.12. The maximum atomic E-state index is 5.30. The van der Waals surface area contributed by atoms with Crippen molar-refractivity contribution in [1.82, 2.24) is 5.32 Å². The molecule has 1 heterocycles. The van der Waals surface area contributed by atoms with Gasteiger partial charge in [-0.1, -0.05) is 0 Å². The van der Waals surface area contributed by atoms with Crippen LogP contribution >= 0.6 is 0 Å². The van der Waals surface area contributed by atoms with Gasteiger partial charge in [-0.2, -0.15) is 0 Å². The third-order valence-electron chi connectivity index (χ3n) is 1.29. The Labute approximate surface area is 55.3 Å². The fourth-order valence-electron chi connectivity index (χ4n) is 0.859. The molecular formula is C6H12NO2. The number of ether oxygens (including phenoxy) is 2. The lowest BCUT2D eigenvalue weighted by atomic mass is 10.3.